The molecule has 0 bridgehead atoms. The molecule has 1 saturated heterocycles. The summed E-state index contributed by atoms with van der Waals surface area (Å²) in [5.41, 5.74) is 3.00. The molecule has 0 saturated carbocycles. The summed E-state index contributed by atoms with van der Waals surface area (Å²) in [4.78, 5) is 64.1. The van der Waals surface area contributed by atoms with Crippen LogP contribution in [0.5, 0.6) is 0 Å². The molecule has 0 radical (unpaired) electrons. The van der Waals surface area contributed by atoms with Gasteiger partial charge in [0.2, 0.25) is 11.8 Å². The van der Waals surface area contributed by atoms with Crippen LogP contribution in [0.15, 0.2) is 60.9 Å². The number of carbonyl (C=O) groups is 4. The summed E-state index contributed by atoms with van der Waals surface area (Å²) in [6.45, 7) is 9.76. The van der Waals surface area contributed by atoms with Gasteiger partial charge in [0.1, 0.15) is 17.5 Å². The van der Waals surface area contributed by atoms with Gasteiger partial charge in [-0.3, -0.25) is 14.6 Å². The summed E-state index contributed by atoms with van der Waals surface area (Å²) in [6.07, 6.45) is 10.7. The van der Waals surface area contributed by atoms with Gasteiger partial charge in [-0.15, -0.1) is 0 Å². The van der Waals surface area contributed by atoms with E-state index >= 15 is 0 Å². The maximum absolute atomic E-state index is 13.7. The van der Waals surface area contributed by atoms with Gasteiger partial charge in [-0.2, -0.15) is 0 Å². The summed E-state index contributed by atoms with van der Waals surface area (Å²) in [7, 11) is 2.07. The number of amides is 3. The quantitative estimate of drug-likeness (QED) is 0.204. The molecular weight excluding hydrogens is 672 g/mol. The minimum atomic E-state index is -1.04. The minimum absolute atomic E-state index is 0.00247. The van der Waals surface area contributed by atoms with Crippen molar-refractivity contribution < 1.29 is 29.0 Å². The second-order valence-electron chi connectivity index (χ2n) is 15.6. The van der Waals surface area contributed by atoms with Crippen molar-refractivity contribution >= 4 is 35.8 Å². The Bertz CT molecular complexity index is 1890. The zero-order chi connectivity index (χ0) is 37.9. The Morgan fingerprint density at radius 3 is 2.60 bits per heavy atom. The number of carboxylic acid groups (broad SMARTS) is 1. The molecule has 3 unspecified atom stereocenters. The van der Waals surface area contributed by atoms with Crippen LogP contribution in [0, 0.1) is 0 Å². The van der Waals surface area contributed by atoms with Gasteiger partial charge in [0.25, 0.3) is 0 Å². The van der Waals surface area contributed by atoms with Crippen molar-refractivity contribution in [3.05, 3.63) is 94.4 Å². The van der Waals surface area contributed by atoms with E-state index in [9.17, 15) is 24.3 Å². The number of rotatable bonds is 12. The minimum Gasteiger partial charge on any atom is -0.478 e. The van der Waals surface area contributed by atoms with Crippen molar-refractivity contribution in [1.29, 1.82) is 0 Å². The summed E-state index contributed by atoms with van der Waals surface area (Å²) in [5.74, 6) is -0.605. The van der Waals surface area contributed by atoms with E-state index in [1.54, 1.807) is 12.3 Å². The molecular formula is C41H50N6O6. The van der Waals surface area contributed by atoms with Crippen LogP contribution in [0.25, 0.3) is 6.08 Å². The first-order valence-electron chi connectivity index (χ1n) is 18.5. The molecule has 1 spiro atoms. The molecule has 6 rings (SSSR count). The number of aromatic carboxylic acids is 1. The fraction of sp³-hybridized carbons (Fsp3) is 0.463. The Morgan fingerprint density at radius 2 is 1.87 bits per heavy atom. The van der Waals surface area contributed by atoms with E-state index in [4.69, 9.17) is 4.74 Å². The van der Waals surface area contributed by atoms with Crippen LogP contribution in [-0.4, -0.2) is 93.1 Å². The fourth-order valence-electron chi connectivity index (χ4n) is 7.85. The normalized spacial score (nSPS) is 22.3. The van der Waals surface area contributed by atoms with Crippen molar-refractivity contribution in [3.8, 4) is 0 Å². The number of likely N-dealkylation sites (tertiary alicyclic amines) is 1. The molecule has 4 atom stereocenters. The first-order valence-corrected chi connectivity index (χ1v) is 18.5. The average molecular weight is 723 g/mol. The number of unbranched alkanes of at least 4 members (excludes halogenated alkanes) is 2. The van der Waals surface area contributed by atoms with Crippen LogP contribution >= 0.6 is 0 Å². The van der Waals surface area contributed by atoms with Gasteiger partial charge in [0.15, 0.2) is 0 Å². The number of ether oxygens (including phenoxy) is 1. The Kier molecular flexibility index (Phi) is 11.0. The van der Waals surface area contributed by atoms with Gasteiger partial charge in [-0.25, -0.2) is 14.6 Å². The maximum Gasteiger partial charge on any atom is 0.408 e. The smallest absolute Gasteiger partial charge is 0.408 e. The third-order valence-electron chi connectivity index (χ3n) is 10.6. The van der Waals surface area contributed by atoms with E-state index in [0.29, 0.717) is 31.6 Å². The number of pyridine rings is 2. The van der Waals surface area contributed by atoms with Crippen molar-refractivity contribution in [2.24, 2.45) is 0 Å². The SMILES string of the molecule is CC1C(c2ccccc2)CC(NC(=O)OC(C)(C)C)C(=O)N1CCCCCN(C)C/C=C/c1cnc2c(c1)[C@@]1(Cc3cc(C(=O)O)cnc3C1)C(=O)N2. The third kappa shape index (κ3) is 8.43. The lowest BCUT2D eigenvalue weighted by atomic mass is 9.79. The number of fused-ring (bicyclic) bond motifs is 3. The molecule has 3 amide bonds. The lowest BCUT2D eigenvalue weighted by Crippen LogP contribution is -2.58. The average Bonchev–Trinajstić information content (AvgIpc) is 3.62. The molecule has 2 aromatic heterocycles. The topological polar surface area (TPSA) is 154 Å². The number of aromatic nitrogens is 2. The number of nitrogens with zero attached hydrogens (tertiary/aromatic N) is 4. The highest BCUT2D eigenvalue weighted by atomic mass is 16.6. The third-order valence-corrected chi connectivity index (χ3v) is 10.6. The van der Waals surface area contributed by atoms with Crippen LogP contribution < -0.4 is 10.6 Å². The highest BCUT2D eigenvalue weighted by Crippen LogP contribution is 2.46. The van der Waals surface area contributed by atoms with E-state index < -0.39 is 29.1 Å². The first-order chi connectivity index (χ1) is 25.2. The predicted octanol–water partition coefficient (Wildman–Crippen LogP) is 5.58. The number of hydrogen-bond acceptors (Lipinski definition) is 8. The number of piperidine rings is 1. The summed E-state index contributed by atoms with van der Waals surface area (Å²) in [5, 5.41) is 15.2. The molecule has 1 aliphatic carbocycles. The Labute approximate surface area is 311 Å². The van der Waals surface area contributed by atoms with Gasteiger partial charge < -0.3 is 30.3 Å². The second kappa shape index (κ2) is 15.5. The van der Waals surface area contributed by atoms with Gasteiger partial charge in [0, 0.05) is 55.1 Å². The van der Waals surface area contributed by atoms with Crippen LogP contribution in [0.3, 0.4) is 0 Å². The number of carboxylic acids is 1. The van der Waals surface area contributed by atoms with E-state index in [1.165, 1.54) is 6.20 Å². The Morgan fingerprint density at radius 1 is 1.09 bits per heavy atom. The number of benzene rings is 1. The predicted molar refractivity (Wildman–Crippen MR) is 202 cm³/mol. The molecule has 1 aromatic carbocycles. The summed E-state index contributed by atoms with van der Waals surface area (Å²) in [6, 6.07) is 13.2. The van der Waals surface area contributed by atoms with Crippen molar-refractivity contribution in [1.82, 2.24) is 25.1 Å². The molecule has 12 heteroatoms. The maximum atomic E-state index is 13.7. The molecule has 3 aromatic rings. The molecule has 3 N–H and O–H groups in total. The Hall–Kier alpha value is -5.10. The molecule has 1 fully saturated rings. The number of likely N-dealkylation sites (N-methyl/N-ethyl adjacent to an activating group) is 1. The fourth-order valence-corrected chi connectivity index (χ4v) is 7.85. The van der Waals surface area contributed by atoms with E-state index in [0.717, 1.165) is 60.3 Å². The first kappa shape index (κ1) is 37.7. The van der Waals surface area contributed by atoms with E-state index in [-0.39, 0.29) is 29.3 Å². The molecule has 280 valence electrons. The molecule has 3 aliphatic rings. The largest absolute Gasteiger partial charge is 0.478 e. The zero-order valence-electron chi connectivity index (χ0n) is 31.2. The Balaban J connectivity index is 1.000. The van der Waals surface area contributed by atoms with E-state index in [2.05, 4.69) is 57.7 Å². The summed E-state index contributed by atoms with van der Waals surface area (Å²) >= 11 is 0. The van der Waals surface area contributed by atoms with Gasteiger partial charge in [-0.1, -0.05) is 48.9 Å². The van der Waals surface area contributed by atoms with Gasteiger partial charge in [-0.05, 0) is 95.8 Å². The molecule has 2 aliphatic heterocycles. The van der Waals surface area contributed by atoms with Crippen molar-refractivity contribution in [3.63, 3.8) is 0 Å². The lowest BCUT2D eigenvalue weighted by molar-refractivity contribution is -0.139. The van der Waals surface area contributed by atoms with Gasteiger partial charge >= 0.3 is 12.1 Å². The van der Waals surface area contributed by atoms with E-state index in [1.807, 2.05) is 56.0 Å². The van der Waals surface area contributed by atoms with Crippen LogP contribution in [0.2, 0.25) is 0 Å². The van der Waals surface area contributed by atoms with Crippen LogP contribution in [0.1, 0.15) is 97.6 Å². The molecule has 4 heterocycles. The van der Waals surface area contributed by atoms with Crippen LogP contribution in [0.4, 0.5) is 10.6 Å². The summed E-state index contributed by atoms with van der Waals surface area (Å²) < 4.78 is 5.48. The highest BCUT2D eigenvalue weighted by molar-refractivity contribution is 6.06. The van der Waals surface area contributed by atoms with Gasteiger partial charge in [0.05, 0.1) is 11.0 Å². The number of alkyl carbamates (subject to hydrolysis) is 1. The monoisotopic (exact) mass is 722 g/mol. The van der Waals surface area contributed by atoms with Crippen LogP contribution in [-0.2, 0) is 32.6 Å². The number of nitrogens with one attached hydrogen (secondary N) is 2. The zero-order valence-corrected chi connectivity index (χ0v) is 31.2. The second-order valence-corrected chi connectivity index (χ2v) is 15.6. The molecule has 12 nitrogen and oxygen atoms in total. The molecule has 53 heavy (non-hydrogen) atoms. The number of anilines is 1. The van der Waals surface area contributed by atoms with Crippen molar-refractivity contribution in [2.45, 2.75) is 95.2 Å². The number of hydrogen-bond donors (Lipinski definition) is 3. The van der Waals surface area contributed by atoms with Crippen molar-refractivity contribution in [2.75, 3.05) is 32.0 Å². The number of carbonyl (C=O) groups excluding carboxylic acids is 3. The lowest BCUT2D eigenvalue weighted by Gasteiger charge is -2.43. The standard InChI is InChI=1S/C41H50N6O6/c1-26-31(28-14-8-6-9-15-28)21-33(44-39(52)53-40(2,3)4)36(48)47(26)18-11-7-10-16-46(5)17-12-13-27-19-32-35(43-24-27)45-38(51)41(32)22-29-20-30(37(49)50)25-42-34(29)23-41/h6,8-9,12-15,19-20,24-26,31,33H,7,10-11,16-18,21-23H2,1-5H3,(H,44,52)(H,49,50)(H,43,45,51)/b13-12+/t26?,31?,33?,41-/m0/s1. The highest BCUT2D eigenvalue weighted by Gasteiger charge is 2.52.